The second-order valence-corrected chi connectivity index (χ2v) is 4.65. The Morgan fingerprint density at radius 3 is 2.89 bits per heavy atom. The smallest absolute Gasteiger partial charge is 0.140 e. The van der Waals surface area contributed by atoms with Gasteiger partial charge in [0.2, 0.25) is 0 Å². The first-order chi connectivity index (χ1) is 9.19. The summed E-state index contributed by atoms with van der Waals surface area (Å²) in [6, 6.07) is 9.63. The molecule has 1 atom stereocenters. The van der Waals surface area contributed by atoms with Crippen LogP contribution in [0.1, 0.15) is 30.0 Å². The predicted octanol–water partition coefficient (Wildman–Crippen LogP) is 2.81. The van der Waals surface area contributed by atoms with Gasteiger partial charge in [-0.1, -0.05) is 25.1 Å². The highest BCUT2D eigenvalue weighted by molar-refractivity contribution is 5.77. The van der Waals surface area contributed by atoms with Crippen molar-refractivity contribution in [1.82, 2.24) is 9.78 Å². The minimum atomic E-state index is -0.768. The third-order valence-electron chi connectivity index (χ3n) is 3.28. The number of para-hydroxylation sites is 1. The van der Waals surface area contributed by atoms with Crippen molar-refractivity contribution in [3.05, 3.63) is 53.5 Å². The van der Waals surface area contributed by atoms with E-state index in [1.165, 1.54) is 0 Å². The molecule has 0 bridgehead atoms. The molecule has 0 aliphatic carbocycles. The van der Waals surface area contributed by atoms with Crippen LogP contribution in [0.5, 0.6) is 0 Å². The highest BCUT2D eigenvalue weighted by Crippen LogP contribution is 2.29. The molecular weight excluding hydrogens is 240 g/mol. The molecule has 1 N–H and O–H groups in total. The number of benzene rings is 1. The van der Waals surface area contributed by atoms with Crippen LogP contribution in [0.25, 0.3) is 11.0 Å². The molecule has 0 spiro atoms. The molecule has 19 heavy (non-hydrogen) atoms. The fraction of sp³-hybridized carbons (Fsp3) is 0.267. The summed E-state index contributed by atoms with van der Waals surface area (Å²) < 4.78 is 7.43. The minimum Gasteiger partial charge on any atom is -0.458 e. The number of hydrogen-bond acceptors (Lipinski definition) is 3. The van der Waals surface area contributed by atoms with Crippen LogP contribution < -0.4 is 0 Å². The molecule has 2 aromatic heterocycles. The fourth-order valence-electron chi connectivity index (χ4n) is 2.35. The number of aryl methyl sites for hydroxylation is 2. The summed E-state index contributed by atoms with van der Waals surface area (Å²) in [6.45, 7) is 2.02. The van der Waals surface area contributed by atoms with Crippen LogP contribution in [-0.4, -0.2) is 14.9 Å². The maximum Gasteiger partial charge on any atom is 0.140 e. The molecule has 0 aliphatic heterocycles. The number of rotatable bonds is 3. The Balaban J connectivity index is 2.05. The monoisotopic (exact) mass is 256 g/mol. The Hall–Kier alpha value is -2.07. The minimum absolute atomic E-state index is 0.559. The SMILES string of the molecule is CCc1nn(C)cc1C(O)c1cc2ccccc2o1. The molecule has 3 rings (SSSR count). The quantitative estimate of drug-likeness (QED) is 0.784. The Morgan fingerprint density at radius 2 is 2.16 bits per heavy atom. The van der Waals surface area contributed by atoms with Crippen molar-refractivity contribution in [2.75, 3.05) is 0 Å². The number of aliphatic hydroxyl groups is 1. The maximum absolute atomic E-state index is 10.5. The number of nitrogens with zero attached hydrogens (tertiary/aromatic N) is 2. The normalized spacial score (nSPS) is 13.0. The van der Waals surface area contributed by atoms with Gasteiger partial charge in [-0.15, -0.1) is 0 Å². The number of aliphatic hydroxyl groups excluding tert-OH is 1. The summed E-state index contributed by atoms with van der Waals surface area (Å²) in [5.74, 6) is 0.559. The average Bonchev–Trinajstić information content (AvgIpc) is 3.00. The first-order valence-electron chi connectivity index (χ1n) is 6.38. The maximum atomic E-state index is 10.5. The molecule has 1 unspecified atom stereocenters. The molecule has 0 saturated heterocycles. The van der Waals surface area contributed by atoms with Gasteiger partial charge in [-0.05, 0) is 18.6 Å². The molecule has 0 saturated carbocycles. The second-order valence-electron chi connectivity index (χ2n) is 4.65. The Kier molecular flexibility index (Phi) is 2.87. The first kappa shape index (κ1) is 12.0. The molecular formula is C15H16N2O2. The molecule has 4 heteroatoms. The third kappa shape index (κ3) is 2.04. The molecule has 0 aliphatic rings. The van der Waals surface area contributed by atoms with Crippen LogP contribution in [0.2, 0.25) is 0 Å². The van der Waals surface area contributed by atoms with Crippen LogP contribution in [0, 0.1) is 0 Å². The summed E-state index contributed by atoms with van der Waals surface area (Å²) in [5.41, 5.74) is 2.50. The Labute approximate surface area is 111 Å². The van der Waals surface area contributed by atoms with Crippen LogP contribution in [-0.2, 0) is 13.5 Å². The number of aromatic nitrogens is 2. The van der Waals surface area contributed by atoms with Gasteiger partial charge in [-0.25, -0.2) is 0 Å². The molecule has 0 amide bonds. The van der Waals surface area contributed by atoms with Crippen molar-refractivity contribution in [3.8, 4) is 0 Å². The molecule has 0 radical (unpaired) electrons. The van der Waals surface area contributed by atoms with Crippen LogP contribution in [0.15, 0.2) is 40.9 Å². The van der Waals surface area contributed by atoms with E-state index in [0.29, 0.717) is 5.76 Å². The van der Waals surface area contributed by atoms with Crippen molar-refractivity contribution in [1.29, 1.82) is 0 Å². The van der Waals surface area contributed by atoms with E-state index in [9.17, 15) is 5.11 Å². The van der Waals surface area contributed by atoms with Crippen molar-refractivity contribution < 1.29 is 9.52 Å². The van der Waals surface area contributed by atoms with Crippen molar-refractivity contribution in [3.63, 3.8) is 0 Å². The van der Waals surface area contributed by atoms with Crippen LogP contribution in [0.3, 0.4) is 0 Å². The van der Waals surface area contributed by atoms with Crippen LogP contribution >= 0.6 is 0 Å². The van der Waals surface area contributed by atoms with E-state index in [2.05, 4.69) is 5.10 Å². The van der Waals surface area contributed by atoms with Gasteiger partial charge < -0.3 is 9.52 Å². The third-order valence-corrected chi connectivity index (χ3v) is 3.28. The van der Waals surface area contributed by atoms with Crippen molar-refractivity contribution in [2.45, 2.75) is 19.4 Å². The van der Waals surface area contributed by atoms with Gasteiger partial charge in [0, 0.05) is 24.2 Å². The molecule has 1 aromatic carbocycles. The highest BCUT2D eigenvalue weighted by atomic mass is 16.4. The molecule has 4 nitrogen and oxygen atoms in total. The van der Waals surface area contributed by atoms with E-state index >= 15 is 0 Å². The largest absolute Gasteiger partial charge is 0.458 e. The van der Waals surface area contributed by atoms with E-state index in [4.69, 9.17) is 4.42 Å². The summed E-state index contributed by atoms with van der Waals surface area (Å²) in [7, 11) is 1.86. The standard InChI is InChI=1S/C15H16N2O2/c1-3-12-11(9-17(2)16-12)15(18)14-8-10-6-4-5-7-13(10)19-14/h4-9,15,18H,3H2,1-2H3. The predicted molar refractivity (Wildman–Crippen MR) is 72.9 cm³/mol. The topological polar surface area (TPSA) is 51.2 Å². The van der Waals surface area contributed by atoms with Gasteiger partial charge in [0.1, 0.15) is 17.4 Å². The lowest BCUT2D eigenvalue weighted by molar-refractivity contribution is 0.191. The molecule has 2 heterocycles. The average molecular weight is 256 g/mol. The van der Waals surface area contributed by atoms with Gasteiger partial charge in [0.05, 0.1) is 5.69 Å². The van der Waals surface area contributed by atoms with E-state index in [-0.39, 0.29) is 0 Å². The van der Waals surface area contributed by atoms with Crippen molar-refractivity contribution in [2.24, 2.45) is 7.05 Å². The summed E-state index contributed by atoms with van der Waals surface area (Å²) in [6.07, 6.45) is 1.86. The van der Waals surface area contributed by atoms with E-state index in [1.807, 2.05) is 50.5 Å². The molecule has 3 aromatic rings. The second kappa shape index (κ2) is 4.55. The zero-order valence-electron chi connectivity index (χ0n) is 11.0. The van der Waals surface area contributed by atoms with Crippen LogP contribution in [0.4, 0.5) is 0 Å². The number of furan rings is 1. The van der Waals surface area contributed by atoms with Crippen molar-refractivity contribution >= 4 is 11.0 Å². The Morgan fingerprint density at radius 1 is 1.37 bits per heavy atom. The number of hydrogen-bond donors (Lipinski definition) is 1. The first-order valence-corrected chi connectivity index (χ1v) is 6.38. The van der Waals surface area contributed by atoms with Gasteiger partial charge in [-0.2, -0.15) is 5.10 Å². The van der Waals surface area contributed by atoms with E-state index in [0.717, 1.165) is 28.6 Å². The summed E-state index contributed by atoms with van der Waals surface area (Å²) in [5, 5.41) is 15.8. The van der Waals surface area contributed by atoms with Gasteiger partial charge >= 0.3 is 0 Å². The Bertz CT molecular complexity index is 679. The number of fused-ring (bicyclic) bond motifs is 1. The van der Waals surface area contributed by atoms with E-state index < -0.39 is 6.10 Å². The fourth-order valence-corrected chi connectivity index (χ4v) is 2.35. The molecule has 0 fully saturated rings. The zero-order chi connectivity index (χ0) is 13.4. The van der Waals surface area contributed by atoms with E-state index in [1.54, 1.807) is 4.68 Å². The van der Waals surface area contributed by atoms with Gasteiger partial charge in [0.25, 0.3) is 0 Å². The van der Waals surface area contributed by atoms with Gasteiger partial charge in [-0.3, -0.25) is 4.68 Å². The zero-order valence-corrected chi connectivity index (χ0v) is 11.0. The highest BCUT2D eigenvalue weighted by Gasteiger charge is 2.20. The lowest BCUT2D eigenvalue weighted by Gasteiger charge is -2.06. The lowest BCUT2D eigenvalue weighted by atomic mass is 10.1. The summed E-state index contributed by atoms with van der Waals surface area (Å²) >= 11 is 0. The summed E-state index contributed by atoms with van der Waals surface area (Å²) in [4.78, 5) is 0. The lowest BCUT2D eigenvalue weighted by Crippen LogP contribution is -2.00. The van der Waals surface area contributed by atoms with Gasteiger partial charge in [0.15, 0.2) is 0 Å². The molecule has 98 valence electrons.